The number of hydrogen-bond acceptors (Lipinski definition) is 6. The van der Waals surface area contributed by atoms with Gasteiger partial charge in [0.2, 0.25) is 0 Å². The van der Waals surface area contributed by atoms with Crippen LogP contribution in [0.15, 0.2) is 77.2 Å². The first-order valence-electron chi connectivity index (χ1n) is 12.4. The third kappa shape index (κ3) is 4.32. The number of nitrogens with zero attached hydrogens (tertiary/aromatic N) is 4. The molecule has 3 aromatic heterocycles. The second-order valence-electron chi connectivity index (χ2n) is 9.28. The van der Waals surface area contributed by atoms with Gasteiger partial charge in [-0.15, -0.1) is 11.3 Å². The summed E-state index contributed by atoms with van der Waals surface area (Å²) in [5.41, 5.74) is 5.54. The lowest BCUT2D eigenvalue weighted by molar-refractivity contribution is 0.0304. The Kier molecular flexibility index (Phi) is 6.28. The molecule has 5 aromatic rings. The molecule has 1 saturated heterocycles. The molecule has 1 fully saturated rings. The molecular weight excluding hydrogens is 484 g/mol. The van der Waals surface area contributed by atoms with Crippen LogP contribution in [0.25, 0.3) is 26.7 Å². The number of para-hydroxylation sites is 1. The van der Waals surface area contributed by atoms with Crippen molar-refractivity contribution in [3.8, 4) is 5.69 Å². The van der Waals surface area contributed by atoms with E-state index in [0.29, 0.717) is 43.7 Å². The van der Waals surface area contributed by atoms with Gasteiger partial charge in [-0.25, -0.2) is 4.98 Å². The Morgan fingerprint density at radius 3 is 2.68 bits per heavy atom. The summed E-state index contributed by atoms with van der Waals surface area (Å²) in [6.07, 6.45) is 2.45. The number of rotatable bonds is 5. The number of ether oxygens (including phenoxy) is 1. The molecule has 0 bridgehead atoms. The molecule has 37 heavy (non-hydrogen) atoms. The molecule has 6 rings (SSSR count). The van der Waals surface area contributed by atoms with Crippen molar-refractivity contribution < 1.29 is 9.53 Å². The minimum Gasteiger partial charge on any atom is -0.378 e. The van der Waals surface area contributed by atoms with Crippen LogP contribution in [0, 0.1) is 0 Å². The maximum atomic E-state index is 14.2. The van der Waals surface area contributed by atoms with Gasteiger partial charge in [0.05, 0.1) is 40.1 Å². The molecule has 1 aliphatic rings. The lowest BCUT2D eigenvalue weighted by Crippen LogP contribution is -2.41. The summed E-state index contributed by atoms with van der Waals surface area (Å²) in [7, 11) is 0. The van der Waals surface area contributed by atoms with E-state index in [0.717, 1.165) is 32.7 Å². The summed E-state index contributed by atoms with van der Waals surface area (Å²) in [5, 5.41) is 1.21. The lowest BCUT2D eigenvalue weighted by atomic mass is 9.96. The van der Waals surface area contributed by atoms with Gasteiger partial charge in [0.1, 0.15) is 5.52 Å². The Balaban J connectivity index is 1.51. The average Bonchev–Trinajstić information content (AvgIpc) is 3.43. The van der Waals surface area contributed by atoms with E-state index >= 15 is 0 Å². The van der Waals surface area contributed by atoms with Gasteiger partial charge in [-0.3, -0.25) is 19.1 Å². The summed E-state index contributed by atoms with van der Waals surface area (Å²) in [5.74, 6) is -0.165. The fourth-order valence-electron chi connectivity index (χ4n) is 5.09. The van der Waals surface area contributed by atoms with Gasteiger partial charge in [-0.1, -0.05) is 37.3 Å². The molecule has 0 radical (unpaired) electrons. The second-order valence-corrected chi connectivity index (χ2v) is 10.2. The Hall–Kier alpha value is -3.88. The third-order valence-corrected chi connectivity index (χ3v) is 7.74. The smallest absolute Gasteiger partial charge is 0.264 e. The van der Waals surface area contributed by atoms with Crippen molar-refractivity contribution in [2.24, 2.45) is 0 Å². The molecule has 8 heteroatoms. The van der Waals surface area contributed by atoms with Gasteiger partial charge in [-0.2, -0.15) is 0 Å². The van der Waals surface area contributed by atoms with Crippen LogP contribution in [0.3, 0.4) is 0 Å². The van der Waals surface area contributed by atoms with E-state index in [1.54, 1.807) is 26.9 Å². The summed E-state index contributed by atoms with van der Waals surface area (Å²) in [6.45, 7) is 4.16. The van der Waals surface area contributed by atoms with Crippen LogP contribution in [-0.2, 0) is 11.2 Å². The largest absolute Gasteiger partial charge is 0.378 e. The zero-order valence-corrected chi connectivity index (χ0v) is 21.3. The molecule has 0 N–H and O–H groups in total. The van der Waals surface area contributed by atoms with Gasteiger partial charge in [-0.05, 0) is 42.1 Å². The van der Waals surface area contributed by atoms with Crippen LogP contribution in [0.4, 0.5) is 0 Å². The highest BCUT2D eigenvalue weighted by Gasteiger charge is 2.24. The molecule has 1 atom stereocenters. The number of benzene rings is 2. The normalized spacial score (nSPS) is 14.8. The molecule has 7 nitrogen and oxygen atoms in total. The number of pyridine rings is 2. The highest BCUT2D eigenvalue weighted by atomic mass is 32.1. The highest BCUT2D eigenvalue weighted by molar-refractivity contribution is 7.16. The maximum absolute atomic E-state index is 14.2. The van der Waals surface area contributed by atoms with Gasteiger partial charge in [0.15, 0.2) is 0 Å². The van der Waals surface area contributed by atoms with E-state index in [1.807, 2.05) is 66.3 Å². The molecule has 186 valence electrons. The molecule has 1 aliphatic heterocycles. The van der Waals surface area contributed by atoms with Crippen molar-refractivity contribution in [2.75, 3.05) is 26.3 Å². The Bertz CT molecular complexity index is 1650. The van der Waals surface area contributed by atoms with Crippen molar-refractivity contribution in [2.45, 2.75) is 19.3 Å². The standard InChI is InChI=1S/C29H26N4O3S/c1-19(16-23-27-25(10-11-30-23)37-18-31-27)24-17-20-6-5-9-22(28(34)32-12-14-36-15-13-32)26(20)29(35)33(24)21-7-3-2-4-8-21/h2-11,17-19H,12-16H2,1H3/t19-/m1/s1. The number of carbonyl (C=O) groups is 1. The molecule has 0 saturated carbocycles. The average molecular weight is 511 g/mol. The van der Waals surface area contributed by atoms with Gasteiger partial charge < -0.3 is 9.64 Å². The van der Waals surface area contributed by atoms with Crippen molar-refractivity contribution in [3.63, 3.8) is 0 Å². The van der Waals surface area contributed by atoms with E-state index in [2.05, 4.69) is 16.9 Å². The molecule has 1 amide bonds. The minimum absolute atomic E-state index is 0.0318. The molecule has 4 heterocycles. The monoisotopic (exact) mass is 510 g/mol. The molecule has 2 aromatic carbocycles. The first-order valence-corrected chi connectivity index (χ1v) is 13.3. The van der Waals surface area contributed by atoms with E-state index in [1.165, 1.54) is 0 Å². The summed E-state index contributed by atoms with van der Waals surface area (Å²) >= 11 is 1.59. The molecule has 0 aliphatic carbocycles. The zero-order valence-electron chi connectivity index (χ0n) is 20.5. The second kappa shape index (κ2) is 9.88. The molecular formula is C29H26N4O3S. The van der Waals surface area contributed by atoms with Crippen LogP contribution in [-0.4, -0.2) is 51.6 Å². The number of morpholine rings is 1. The van der Waals surface area contributed by atoms with Gasteiger partial charge >= 0.3 is 0 Å². The third-order valence-electron chi connectivity index (χ3n) is 6.95. The Labute approximate surface area is 218 Å². The number of hydrogen-bond donors (Lipinski definition) is 0. The number of aromatic nitrogens is 3. The number of amides is 1. The van der Waals surface area contributed by atoms with Crippen LogP contribution < -0.4 is 5.56 Å². The number of thiazole rings is 1. The molecule has 0 unspecified atom stereocenters. The quantitative estimate of drug-likeness (QED) is 0.339. The Morgan fingerprint density at radius 1 is 1.05 bits per heavy atom. The van der Waals surface area contributed by atoms with Crippen LogP contribution in [0.5, 0.6) is 0 Å². The van der Waals surface area contributed by atoms with E-state index < -0.39 is 0 Å². The fraction of sp³-hybridized carbons (Fsp3) is 0.241. The number of fused-ring (bicyclic) bond motifs is 2. The minimum atomic E-state index is -0.192. The van der Waals surface area contributed by atoms with Crippen molar-refractivity contribution in [1.82, 2.24) is 19.4 Å². The zero-order chi connectivity index (χ0) is 25.4. The van der Waals surface area contributed by atoms with Crippen molar-refractivity contribution in [3.05, 3.63) is 99.7 Å². The van der Waals surface area contributed by atoms with Crippen LogP contribution >= 0.6 is 11.3 Å². The lowest BCUT2D eigenvalue weighted by Gasteiger charge is -2.27. The SMILES string of the molecule is C[C@H](Cc1nccc2scnc12)c1cc2cccc(C(=O)N3CCOCC3)c2c(=O)n1-c1ccccc1. The van der Waals surface area contributed by atoms with Crippen LogP contribution in [0.1, 0.15) is 34.6 Å². The summed E-state index contributed by atoms with van der Waals surface area (Å²) in [4.78, 5) is 38.6. The fourth-order valence-corrected chi connectivity index (χ4v) is 5.79. The topological polar surface area (TPSA) is 77.3 Å². The van der Waals surface area contributed by atoms with E-state index in [-0.39, 0.29) is 17.4 Å². The Morgan fingerprint density at radius 2 is 1.86 bits per heavy atom. The van der Waals surface area contributed by atoms with Gasteiger partial charge in [0.25, 0.3) is 11.5 Å². The first kappa shape index (κ1) is 23.5. The maximum Gasteiger partial charge on any atom is 0.264 e. The van der Waals surface area contributed by atoms with Crippen molar-refractivity contribution in [1.29, 1.82) is 0 Å². The van der Waals surface area contributed by atoms with Crippen LogP contribution in [0.2, 0.25) is 0 Å². The van der Waals surface area contributed by atoms with E-state index in [4.69, 9.17) is 4.74 Å². The first-order chi connectivity index (χ1) is 18.1. The summed E-state index contributed by atoms with van der Waals surface area (Å²) in [6, 6.07) is 19.2. The highest BCUT2D eigenvalue weighted by Crippen LogP contribution is 2.29. The van der Waals surface area contributed by atoms with Gasteiger partial charge in [0, 0.05) is 36.6 Å². The predicted molar refractivity (Wildman–Crippen MR) is 146 cm³/mol. The van der Waals surface area contributed by atoms with Crippen molar-refractivity contribution >= 4 is 38.2 Å². The molecule has 0 spiro atoms. The predicted octanol–water partition coefficient (Wildman–Crippen LogP) is 4.81. The number of carbonyl (C=O) groups excluding carboxylic acids is 1. The van der Waals surface area contributed by atoms with E-state index in [9.17, 15) is 9.59 Å². The summed E-state index contributed by atoms with van der Waals surface area (Å²) < 4.78 is 8.27.